The van der Waals surface area contributed by atoms with Crippen molar-refractivity contribution in [1.29, 1.82) is 0 Å². The topological polar surface area (TPSA) is 61.7 Å². The lowest BCUT2D eigenvalue weighted by molar-refractivity contribution is 0.0955. The highest BCUT2D eigenvalue weighted by molar-refractivity contribution is 9.10. The van der Waals surface area contributed by atoms with Gasteiger partial charge in [0.2, 0.25) is 0 Å². The number of aromatic hydroxyl groups is 1. The molecular weight excluding hydrogens is 423 g/mol. The van der Waals surface area contributed by atoms with Gasteiger partial charge < -0.3 is 5.11 Å². The molecule has 0 unspecified atom stereocenters. The minimum atomic E-state index is -0.354. The standard InChI is InChI=1S/C14H9Br2ClN2O2/c15-10-3-1-2-8(4-10)14(21)19-18-7-9-5-11(16)6-12(17)13(9)20/h1-7,20H,(H,19,21). The lowest BCUT2D eigenvalue weighted by Crippen LogP contribution is -2.17. The monoisotopic (exact) mass is 430 g/mol. The molecule has 0 aliphatic heterocycles. The second kappa shape index (κ2) is 7.06. The van der Waals surface area contributed by atoms with Gasteiger partial charge in [0.15, 0.2) is 0 Å². The van der Waals surface area contributed by atoms with Crippen LogP contribution >= 0.6 is 43.5 Å². The maximum absolute atomic E-state index is 11.9. The van der Waals surface area contributed by atoms with Crippen molar-refractivity contribution in [2.45, 2.75) is 0 Å². The minimum absolute atomic E-state index is 0.0969. The van der Waals surface area contributed by atoms with Crippen LogP contribution in [-0.4, -0.2) is 17.2 Å². The summed E-state index contributed by atoms with van der Waals surface area (Å²) >= 11 is 12.4. The predicted molar refractivity (Wildman–Crippen MR) is 90.0 cm³/mol. The van der Waals surface area contributed by atoms with Crippen molar-refractivity contribution >= 4 is 55.6 Å². The van der Waals surface area contributed by atoms with E-state index in [2.05, 4.69) is 42.4 Å². The van der Waals surface area contributed by atoms with E-state index in [1.165, 1.54) is 6.21 Å². The molecule has 0 heterocycles. The molecular formula is C14H9Br2ClN2O2. The van der Waals surface area contributed by atoms with Crippen LogP contribution in [0.1, 0.15) is 15.9 Å². The molecule has 2 aromatic carbocycles. The first-order chi connectivity index (χ1) is 9.97. The van der Waals surface area contributed by atoms with Crippen molar-refractivity contribution in [2.24, 2.45) is 5.10 Å². The van der Waals surface area contributed by atoms with Gasteiger partial charge in [-0.3, -0.25) is 4.79 Å². The normalized spacial score (nSPS) is 10.8. The lowest BCUT2D eigenvalue weighted by atomic mass is 10.2. The van der Waals surface area contributed by atoms with Crippen LogP contribution in [0.25, 0.3) is 0 Å². The molecule has 0 aliphatic carbocycles. The van der Waals surface area contributed by atoms with Gasteiger partial charge in [0.25, 0.3) is 5.91 Å². The number of benzene rings is 2. The molecule has 0 saturated carbocycles. The lowest BCUT2D eigenvalue weighted by Gasteiger charge is -2.03. The van der Waals surface area contributed by atoms with Gasteiger partial charge in [-0.1, -0.05) is 49.5 Å². The zero-order valence-corrected chi connectivity index (χ0v) is 14.4. The van der Waals surface area contributed by atoms with Crippen LogP contribution in [0.5, 0.6) is 5.75 Å². The zero-order chi connectivity index (χ0) is 15.4. The quantitative estimate of drug-likeness (QED) is 0.560. The summed E-state index contributed by atoms with van der Waals surface area (Å²) in [7, 11) is 0. The number of halogens is 3. The summed E-state index contributed by atoms with van der Waals surface area (Å²) in [5.74, 6) is -0.451. The highest BCUT2D eigenvalue weighted by Gasteiger charge is 2.07. The molecule has 2 aromatic rings. The average molecular weight is 432 g/mol. The number of phenols is 1. The Hall–Kier alpha value is -1.37. The summed E-state index contributed by atoms with van der Waals surface area (Å²) in [6.07, 6.45) is 1.32. The van der Waals surface area contributed by atoms with E-state index in [4.69, 9.17) is 11.6 Å². The van der Waals surface area contributed by atoms with E-state index in [1.807, 2.05) is 6.07 Å². The van der Waals surface area contributed by atoms with Crippen molar-refractivity contribution < 1.29 is 9.90 Å². The van der Waals surface area contributed by atoms with Gasteiger partial charge >= 0.3 is 0 Å². The molecule has 2 N–H and O–H groups in total. The largest absolute Gasteiger partial charge is 0.506 e. The number of rotatable bonds is 3. The van der Waals surface area contributed by atoms with Crippen LogP contribution in [-0.2, 0) is 0 Å². The first kappa shape index (κ1) is 16.0. The summed E-state index contributed by atoms with van der Waals surface area (Å²) in [4.78, 5) is 11.9. The zero-order valence-electron chi connectivity index (χ0n) is 10.5. The van der Waals surface area contributed by atoms with Crippen LogP contribution in [0.3, 0.4) is 0 Å². The molecule has 0 aromatic heterocycles. The van der Waals surface area contributed by atoms with Crippen molar-refractivity contribution in [2.75, 3.05) is 0 Å². The van der Waals surface area contributed by atoms with Crippen LogP contribution in [0.4, 0.5) is 0 Å². The van der Waals surface area contributed by atoms with Gasteiger partial charge in [-0.15, -0.1) is 0 Å². The van der Waals surface area contributed by atoms with Gasteiger partial charge in [0, 0.05) is 20.1 Å². The van der Waals surface area contributed by atoms with Crippen LogP contribution in [0, 0.1) is 0 Å². The molecule has 1 amide bonds. The molecule has 0 bridgehead atoms. The Bertz CT molecular complexity index is 720. The molecule has 4 nitrogen and oxygen atoms in total. The maximum atomic E-state index is 11.9. The Labute approximate surface area is 143 Å². The molecule has 0 fully saturated rings. The number of phenolic OH excluding ortho intramolecular Hbond substituents is 1. The Morgan fingerprint density at radius 3 is 2.71 bits per heavy atom. The number of amides is 1. The van der Waals surface area contributed by atoms with E-state index < -0.39 is 0 Å². The van der Waals surface area contributed by atoms with Crippen LogP contribution in [0.2, 0.25) is 5.02 Å². The third-order valence-corrected chi connectivity index (χ3v) is 3.75. The molecule has 7 heteroatoms. The van der Waals surface area contributed by atoms with Crippen LogP contribution < -0.4 is 5.43 Å². The van der Waals surface area contributed by atoms with Crippen molar-refractivity contribution in [3.8, 4) is 5.75 Å². The van der Waals surface area contributed by atoms with Gasteiger partial charge in [-0.2, -0.15) is 5.10 Å². The first-order valence-electron chi connectivity index (χ1n) is 5.74. The molecule has 0 atom stereocenters. The fraction of sp³-hybridized carbons (Fsp3) is 0. The van der Waals surface area contributed by atoms with E-state index in [1.54, 1.807) is 30.3 Å². The third-order valence-electron chi connectivity index (χ3n) is 2.51. The highest BCUT2D eigenvalue weighted by Crippen LogP contribution is 2.30. The van der Waals surface area contributed by atoms with Gasteiger partial charge in [-0.25, -0.2) is 5.43 Å². The maximum Gasteiger partial charge on any atom is 0.271 e. The number of carbonyl (C=O) groups is 1. The minimum Gasteiger partial charge on any atom is -0.506 e. The van der Waals surface area contributed by atoms with Crippen molar-refractivity contribution in [3.63, 3.8) is 0 Å². The number of hydrogen-bond acceptors (Lipinski definition) is 3. The molecule has 21 heavy (non-hydrogen) atoms. The van der Waals surface area contributed by atoms with E-state index in [0.717, 1.165) is 4.47 Å². The Balaban J connectivity index is 2.11. The van der Waals surface area contributed by atoms with Gasteiger partial charge in [0.05, 0.1) is 11.2 Å². The predicted octanol–water partition coefficient (Wildman–Crippen LogP) is 4.33. The Kier molecular flexibility index (Phi) is 5.39. The molecule has 0 spiro atoms. The highest BCUT2D eigenvalue weighted by atomic mass is 79.9. The van der Waals surface area contributed by atoms with E-state index in [-0.39, 0.29) is 16.7 Å². The molecule has 0 aliphatic rings. The second-order valence-corrected chi connectivity index (χ2v) is 6.27. The molecule has 0 saturated heterocycles. The molecule has 108 valence electrons. The number of nitrogens with zero attached hydrogens (tertiary/aromatic N) is 1. The summed E-state index contributed by atoms with van der Waals surface area (Å²) in [6, 6.07) is 10.1. The summed E-state index contributed by atoms with van der Waals surface area (Å²) in [5.41, 5.74) is 3.24. The fourth-order valence-corrected chi connectivity index (χ4v) is 2.77. The number of carbonyl (C=O) groups excluding carboxylic acids is 1. The number of hydrogen-bond donors (Lipinski definition) is 2. The first-order valence-corrected chi connectivity index (χ1v) is 7.71. The van der Waals surface area contributed by atoms with Crippen molar-refractivity contribution in [3.05, 3.63) is 61.5 Å². The molecule has 2 rings (SSSR count). The Morgan fingerprint density at radius 1 is 1.24 bits per heavy atom. The van der Waals surface area contributed by atoms with Gasteiger partial charge in [0.1, 0.15) is 5.75 Å². The summed E-state index contributed by atoms with van der Waals surface area (Å²) in [6.45, 7) is 0. The van der Waals surface area contributed by atoms with E-state index in [0.29, 0.717) is 15.6 Å². The van der Waals surface area contributed by atoms with Gasteiger partial charge in [-0.05, 0) is 30.3 Å². The number of hydrazone groups is 1. The number of nitrogens with one attached hydrogen (secondary N) is 1. The summed E-state index contributed by atoms with van der Waals surface area (Å²) in [5, 5.41) is 13.8. The fourth-order valence-electron chi connectivity index (χ4n) is 1.54. The van der Waals surface area contributed by atoms with Crippen LogP contribution in [0.15, 0.2) is 50.4 Å². The summed E-state index contributed by atoms with van der Waals surface area (Å²) < 4.78 is 1.50. The second-order valence-electron chi connectivity index (χ2n) is 4.03. The molecule has 0 radical (unpaired) electrons. The smallest absolute Gasteiger partial charge is 0.271 e. The Morgan fingerprint density at radius 2 is 2.00 bits per heavy atom. The average Bonchev–Trinajstić information content (AvgIpc) is 2.43. The van der Waals surface area contributed by atoms with Crippen molar-refractivity contribution in [1.82, 2.24) is 5.43 Å². The third kappa shape index (κ3) is 4.30. The SMILES string of the molecule is O=C(NN=Cc1cc(Br)cc(Cl)c1O)c1cccc(Br)c1. The van der Waals surface area contributed by atoms with E-state index in [9.17, 15) is 9.90 Å². The van der Waals surface area contributed by atoms with E-state index >= 15 is 0 Å².